The molecule has 2 aliphatic heterocycles. The Labute approximate surface area is 181 Å². The number of halogens is 2. The van der Waals surface area contributed by atoms with Gasteiger partial charge in [-0.25, -0.2) is 0 Å². The first-order chi connectivity index (χ1) is 12.4. The van der Waals surface area contributed by atoms with Crippen LogP contribution < -0.4 is 10.5 Å². The third-order valence-corrected chi connectivity index (χ3v) is 6.41. The Kier molecular flexibility index (Phi) is 6.96. The molecule has 28 heavy (non-hydrogen) atoms. The van der Waals surface area contributed by atoms with E-state index in [1.165, 1.54) is 27.8 Å². The van der Waals surface area contributed by atoms with E-state index in [-0.39, 0.29) is 30.4 Å². The van der Waals surface area contributed by atoms with E-state index in [4.69, 9.17) is 10.5 Å². The Hall–Kier alpha value is -1.42. The van der Waals surface area contributed by atoms with Gasteiger partial charge in [-0.05, 0) is 68.4 Å². The molecule has 5 heteroatoms. The van der Waals surface area contributed by atoms with Crippen LogP contribution in [-0.4, -0.2) is 30.1 Å². The first-order valence-corrected chi connectivity index (χ1v) is 9.74. The van der Waals surface area contributed by atoms with Gasteiger partial charge in [-0.2, -0.15) is 0 Å². The summed E-state index contributed by atoms with van der Waals surface area (Å²) in [4.78, 5) is 2.58. The summed E-state index contributed by atoms with van der Waals surface area (Å²) in [6.45, 7) is 11.8. The largest absolute Gasteiger partial charge is 0.485 e. The molecule has 2 aliphatic rings. The van der Waals surface area contributed by atoms with Gasteiger partial charge in [0.1, 0.15) is 11.4 Å². The second kappa shape index (κ2) is 8.52. The van der Waals surface area contributed by atoms with Crippen LogP contribution in [0.5, 0.6) is 5.75 Å². The van der Waals surface area contributed by atoms with E-state index in [0.29, 0.717) is 0 Å². The Balaban J connectivity index is 0.00000140. The second-order valence-electron chi connectivity index (χ2n) is 8.37. The number of hydrogen-bond acceptors (Lipinski definition) is 3. The molecule has 2 N–H and O–H groups in total. The topological polar surface area (TPSA) is 38.5 Å². The maximum atomic E-state index is 6.57. The Bertz CT molecular complexity index is 802. The van der Waals surface area contributed by atoms with Crippen LogP contribution in [0, 0.1) is 20.8 Å². The SMILES string of the molecule is Cc1c(C)c2c(c(C)c1N)CC(C)(CN1CCc3ccccc3CC1)O2.Cl.Cl. The summed E-state index contributed by atoms with van der Waals surface area (Å²) in [6, 6.07) is 8.87. The van der Waals surface area contributed by atoms with Crippen molar-refractivity contribution in [2.45, 2.75) is 52.6 Å². The summed E-state index contributed by atoms with van der Waals surface area (Å²) in [5, 5.41) is 0. The van der Waals surface area contributed by atoms with E-state index in [2.05, 4.69) is 56.9 Å². The molecule has 0 radical (unpaired) electrons. The Morgan fingerprint density at radius 1 is 0.964 bits per heavy atom. The van der Waals surface area contributed by atoms with Crippen molar-refractivity contribution in [2.75, 3.05) is 25.4 Å². The zero-order valence-corrected chi connectivity index (χ0v) is 18.9. The van der Waals surface area contributed by atoms with Gasteiger partial charge in [-0.15, -0.1) is 24.8 Å². The zero-order valence-electron chi connectivity index (χ0n) is 17.3. The molecular formula is C23H32Cl2N2O. The number of ether oxygens (including phenoxy) is 1. The van der Waals surface area contributed by atoms with Crippen LogP contribution in [0.2, 0.25) is 0 Å². The third kappa shape index (κ3) is 3.98. The highest BCUT2D eigenvalue weighted by molar-refractivity contribution is 5.85. The molecule has 4 rings (SSSR count). The quantitative estimate of drug-likeness (QED) is 0.703. The van der Waals surface area contributed by atoms with Gasteiger partial charge in [0.15, 0.2) is 0 Å². The number of nitrogen functional groups attached to an aromatic ring is 1. The van der Waals surface area contributed by atoms with Crippen LogP contribution in [0.15, 0.2) is 24.3 Å². The molecule has 154 valence electrons. The molecule has 0 fully saturated rings. The van der Waals surface area contributed by atoms with Crippen molar-refractivity contribution in [3.05, 3.63) is 57.6 Å². The van der Waals surface area contributed by atoms with Gasteiger partial charge in [-0.1, -0.05) is 24.3 Å². The molecule has 0 spiro atoms. The molecule has 2 aromatic carbocycles. The minimum Gasteiger partial charge on any atom is -0.485 e. The van der Waals surface area contributed by atoms with Crippen LogP contribution in [0.1, 0.15) is 40.3 Å². The third-order valence-electron chi connectivity index (χ3n) is 6.41. The highest BCUT2D eigenvalue weighted by Crippen LogP contribution is 2.44. The molecule has 1 atom stereocenters. The van der Waals surface area contributed by atoms with E-state index < -0.39 is 0 Å². The molecule has 2 aromatic rings. The van der Waals surface area contributed by atoms with Crippen molar-refractivity contribution in [3.63, 3.8) is 0 Å². The van der Waals surface area contributed by atoms with Gasteiger partial charge in [0.05, 0.1) is 0 Å². The summed E-state index contributed by atoms with van der Waals surface area (Å²) in [5.41, 5.74) is 15.0. The van der Waals surface area contributed by atoms with Gasteiger partial charge < -0.3 is 10.5 Å². The highest BCUT2D eigenvalue weighted by Gasteiger charge is 2.39. The number of hydrogen-bond donors (Lipinski definition) is 1. The smallest absolute Gasteiger partial charge is 0.127 e. The Morgan fingerprint density at radius 3 is 2.11 bits per heavy atom. The molecule has 0 amide bonds. The average Bonchev–Trinajstić information content (AvgIpc) is 2.85. The van der Waals surface area contributed by atoms with Crippen molar-refractivity contribution < 1.29 is 4.74 Å². The molecule has 0 aliphatic carbocycles. The molecule has 0 bridgehead atoms. The first-order valence-electron chi connectivity index (χ1n) is 9.74. The number of fused-ring (bicyclic) bond motifs is 2. The highest BCUT2D eigenvalue weighted by atomic mass is 35.5. The predicted octanol–water partition coefficient (Wildman–Crippen LogP) is 4.83. The zero-order chi connectivity index (χ0) is 18.5. The number of benzene rings is 2. The van der Waals surface area contributed by atoms with Crippen LogP contribution in [0.25, 0.3) is 0 Å². The lowest BCUT2D eigenvalue weighted by Crippen LogP contribution is -2.45. The molecule has 3 nitrogen and oxygen atoms in total. The maximum Gasteiger partial charge on any atom is 0.127 e. The van der Waals surface area contributed by atoms with Crippen LogP contribution in [-0.2, 0) is 19.3 Å². The van der Waals surface area contributed by atoms with Crippen molar-refractivity contribution in [2.24, 2.45) is 0 Å². The maximum absolute atomic E-state index is 6.57. The van der Waals surface area contributed by atoms with Gasteiger partial charge in [0, 0.05) is 37.3 Å². The number of anilines is 1. The van der Waals surface area contributed by atoms with Crippen molar-refractivity contribution >= 4 is 30.5 Å². The summed E-state index contributed by atoms with van der Waals surface area (Å²) in [7, 11) is 0. The lowest BCUT2D eigenvalue weighted by molar-refractivity contribution is 0.0644. The summed E-state index contributed by atoms with van der Waals surface area (Å²) in [5.74, 6) is 1.08. The average molecular weight is 423 g/mol. The molecular weight excluding hydrogens is 391 g/mol. The summed E-state index contributed by atoms with van der Waals surface area (Å²) < 4.78 is 6.57. The van der Waals surface area contributed by atoms with Crippen molar-refractivity contribution in [3.8, 4) is 5.75 Å². The van der Waals surface area contributed by atoms with E-state index in [9.17, 15) is 0 Å². The fraction of sp³-hybridized carbons (Fsp3) is 0.478. The molecule has 2 heterocycles. The van der Waals surface area contributed by atoms with E-state index in [1.54, 1.807) is 0 Å². The van der Waals surface area contributed by atoms with Crippen LogP contribution in [0.3, 0.4) is 0 Å². The summed E-state index contributed by atoms with van der Waals surface area (Å²) in [6.07, 6.45) is 3.20. The molecule has 0 saturated heterocycles. The number of nitrogens with two attached hydrogens (primary N) is 1. The normalized spacial score (nSPS) is 20.9. The van der Waals surface area contributed by atoms with Gasteiger partial charge in [0.2, 0.25) is 0 Å². The van der Waals surface area contributed by atoms with Crippen LogP contribution >= 0.6 is 24.8 Å². The summed E-state index contributed by atoms with van der Waals surface area (Å²) >= 11 is 0. The van der Waals surface area contributed by atoms with Gasteiger partial charge in [0.25, 0.3) is 0 Å². The van der Waals surface area contributed by atoms with Gasteiger partial charge in [-0.3, -0.25) is 4.90 Å². The number of rotatable bonds is 2. The minimum atomic E-state index is -0.172. The number of nitrogens with zero attached hydrogens (tertiary/aromatic N) is 1. The molecule has 0 saturated carbocycles. The van der Waals surface area contributed by atoms with E-state index >= 15 is 0 Å². The van der Waals surface area contributed by atoms with Gasteiger partial charge >= 0.3 is 0 Å². The van der Waals surface area contributed by atoms with Crippen molar-refractivity contribution in [1.29, 1.82) is 0 Å². The molecule has 0 aromatic heterocycles. The second-order valence-corrected chi connectivity index (χ2v) is 8.37. The molecule has 1 unspecified atom stereocenters. The van der Waals surface area contributed by atoms with Crippen LogP contribution in [0.4, 0.5) is 5.69 Å². The van der Waals surface area contributed by atoms with E-state index in [0.717, 1.165) is 55.9 Å². The fourth-order valence-corrected chi connectivity index (χ4v) is 4.65. The Morgan fingerprint density at radius 2 is 1.54 bits per heavy atom. The first kappa shape index (κ1) is 22.9. The lowest BCUT2D eigenvalue weighted by Gasteiger charge is -2.31. The predicted molar refractivity (Wildman–Crippen MR) is 123 cm³/mol. The monoisotopic (exact) mass is 422 g/mol. The standard InChI is InChI=1S/C23H30N2O.2ClH/c1-15-16(2)22-20(17(3)21(15)24)13-23(4,26-22)14-25-11-9-18-7-5-6-8-19(18)10-12-25;;/h5-8H,9-14,24H2,1-4H3;2*1H. The minimum absolute atomic E-state index is 0. The van der Waals surface area contributed by atoms with E-state index in [1.807, 2.05) is 0 Å². The fourth-order valence-electron chi connectivity index (χ4n) is 4.65. The van der Waals surface area contributed by atoms with Crippen molar-refractivity contribution in [1.82, 2.24) is 4.90 Å². The lowest BCUT2D eigenvalue weighted by atomic mass is 9.91.